The van der Waals surface area contributed by atoms with Crippen LogP contribution in [-0.4, -0.2) is 18.5 Å². The summed E-state index contributed by atoms with van der Waals surface area (Å²) in [5.74, 6) is 0.529. The Morgan fingerprint density at radius 3 is 2.33 bits per heavy atom. The summed E-state index contributed by atoms with van der Waals surface area (Å²) in [4.78, 5) is 11.7. The number of benzene rings is 1. The van der Waals surface area contributed by atoms with Gasteiger partial charge in [0.05, 0.1) is 11.8 Å². The predicted octanol–water partition coefficient (Wildman–Crippen LogP) is 3.77. The lowest BCUT2D eigenvalue weighted by molar-refractivity contribution is -0.144. The summed E-state index contributed by atoms with van der Waals surface area (Å²) in [5.41, 5.74) is 2.29. The zero-order valence-corrected chi connectivity index (χ0v) is 12.0. The number of carbonyl (C=O) groups excluding carboxylic acids is 1. The van der Waals surface area contributed by atoms with Gasteiger partial charge in [0.25, 0.3) is 0 Å². The lowest BCUT2D eigenvalue weighted by Crippen LogP contribution is -2.14. The molecule has 3 heteroatoms. The fourth-order valence-electron chi connectivity index (χ4n) is 1.81. The predicted molar refractivity (Wildman–Crippen MR) is 75.1 cm³/mol. The molecule has 0 aliphatic heterocycles. The largest absolute Gasteiger partial charge is 0.464 e. The van der Waals surface area contributed by atoms with E-state index >= 15 is 0 Å². The fourth-order valence-corrected chi connectivity index (χ4v) is 1.89. The molecular weight excluding hydrogens is 248 g/mol. The number of alkyl halides is 1. The molecule has 100 valence electrons. The van der Waals surface area contributed by atoms with Crippen molar-refractivity contribution in [3.63, 3.8) is 0 Å². The minimum Gasteiger partial charge on any atom is -0.464 e. The number of carbonyl (C=O) groups is 1. The first-order valence-electron chi connectivity index (χ1n) is 6.36. The molecule has 0 N–H and O–H groups in total. The van der Waals surface area contributed by atoms with Gasteiger partial charge in [-0.1, -0.05) is 38.1 Å². The Morgan fingerprint density at radius 2 is 1.83 bits per heavy atom. The van der Waals surface area contributed by atoms with Crippen LogP contribution in [-0.2, 0) is 16.0 Å². The second kappa shape index (κ2) is 7.42. The maximum atomic E-state index is 11.7. The molecule has 2 nitrogen and oxygen atoms in total. The van der Waals surface area contributed by atoms with E-state index in [1.165, 1.54) is 5.56 Å². The van der Waals surface area contributed by atoms with E-state index in [-0.39, 0.29) is 18.5 Å². The van der Waals surface area contributed by atoms with E-state index in [9.17, 15) is 4.79 Å². The molecule has 1 atom stereocenters. The van der Waals surface area contributed by atoms with Crippen LogP contribution in [0.3, 0.4) is 0 Å². The molecule has 18 heavy (non-hydrogen) atoms. The highest BCUT2D eigenvalue weighted by Crippen LogP contribution is 2.18. The van der Waals surface area contributed by atoms with Crippen molar-refractivity contribution in [2.24, 2.45) is 5.92 Å². The normalized spacial score (nSPS) is 12.5. The zero-order valence-electron chi connectivity index (χ0n) is 11.3. The molecule has 0 spiro atoms. The van der Waals surface area contributed by atoms with Crippen molar-refractivity contribution in [2.45, 2.75) is 33.1 Å². The van der Waals surface area contributed by atoms with Crippen LogP contribution < -0.4 is 0 Å². The van der Waals surface area contributed by atoms with Crippen LogP contribution in [0.15, 0.2) is 24.3 Å². The monoisotopic (exact) mass is 268 g/mol. The van der Waals surface area contributed by atoms with E-state index in [1.807, 2.05) is 19.1 Å². The Morgan fingerprint density at radius 1 is 1.22 bits per heavy atom. The molecule has 0 aromatic heterocycles. The molecule has 0 aliphatic rings. The van der Waals surface area contributed by atoms with Crippen molar-refractivity contribution in [2.75, 3.05) is 12.5 Å². The number of halogens is 1. The lowest BCUT2D eigenvalue weighted by atomic mass is 9.97. The molecule has 0 heterocycles. The Balaban J connectivity index is 2.63. The molecule has 1 rings (SSSR count). The first-order chi connectivity index (χ1) is 8.54. The molecule has 1 unspecified atom stereocenters. The van der Waals surface area contributed by atoms with Gasteiger partial charge in [0.15, 0.2) is 0 Å². The first kappa shape index (κ1) is 15.0. The van der Waals surface area contributed by atoms with E-state index in [2.05, 4.69) is 26.0 Å². The van der Waals surface area contributed by atoms with E-state index in [4.69, 9.17) is 16.3 Å². The van der Waals surface area contributed by atoms with Gasteiger partial charge in [0, 0.05) is 0 Å². The highest BCUT2D eigenvalue weighted by molar-refractivity contribution is 6.18. The topological polar surface area (TPSA) is 26.3 Å². The third kappa shape index (κ3) is 4.69. The number of hydrogen-bond donors (Lipinski definition) is 0. The summed E-state index contributed by atoms with van der Waals surface area (Å²) in [6.07, 6.45) is 1.06. The van der Waals surface area contributed by atoms with E-state index < -0.39 is 0 Å². The van der Waals surface area contributed by atoms with E-state index in [0.29, 0.717) is 11.8 Å². The molecule has 1 aromatic carbocycles. The van der Waals surface area contributed by atoms with Crippen LogP contribution in [0.25, 0.3) is 0 Å². The highest BCUT2D eigenvalue weighted by atomic mass is 35.5. The minimum absolute atomic E-state index is 0.216. The van der Waals surface area contributed by atoms with Gasteiger partial charge in [-0.05, 0) is 30.4 Å². The second-order valence-corrected chi connectivity index (χ2v) is 5.30. The van der Waals surface area contributed by atoms with Crippen molar-refractivity contribution in [1.29, 1.82) is 0 Å². The summed E-state index contributed by atoms with van der Waals surface area (Å²) in [6.45, 7) is 6.52. The third-order valence-electron chi connectivity index (χ3n) is 2.80. The Bertz CT molecular complexity index is 371. The SMILES string of the molecule is CC(C)Cc1ccc(C(C)C(=O)OCCCl)cc1. The summed E-state index contributed by atoms with van der Waals surface area (Å²) >= 11 is 5.49. The molecular formula is C15H21ClO2. The molecule has 0 bridgehead atoms. The molecule has 0 radical (unpaired) electrons. The van der Waals surface area contributed by atoms with Crippen LogP contribution >= 0.6 is 11.6 Å². The van der Waals surface area contributed by atoms with Crippen LogP contribution in [0, 0.1) is 5.92 Å². The molecule has 0 amide bonds. The average molecular weight is 269 g/mol. The standard InChI is InChI=1S/C15H21ClO2/c1-11(2)10-13-4-6-14(7-5-13)12(3)15(17)18-9-8-16/h4-7,11-12H,8-10H2,1-3H3. The summed E-state index contributed by atoms with van der Waals surface area (Å²) in [6, 6.07) is 8.18. The molecule has 0 saturated heterocycles. The van der Waals surface area contributed by atoms with Gasteiger partial charge in [-0.3, -0.25) is 4.79 Å². The maximum absolute atomic E-state index is 11.7. The minimum atomic E-state index is -0.235. The molecule has 0 fully saturated rings. The Labute approximate surface area is 114 Å². The van der Waals surface area contributed by atoms with Crippen LogP contribution in [0.1, 0.15) is 37.8 Å². The van der Waals surface area contributed by atoms with Gasteiger partial charge < -0.3 is 4.74 Å². The van der Waals surface area contributed by atoms with Crippen LogP contribution in [0.2, 0.25) is 0 Å². The second-order valence-electron chi connectivity index (χ2n) is 4.92. The number of hydrogen-bond acceptors (Lipinski definition) is 2. The number of rotatable bonds is 6. The quantitative estimate of drug-likeness (QED) is 0.580. The lowest BCUT2D eigenvalue weighted by Gasteiger charge is -2.12. The summed E-state index contributed by atoms with van der Waals surface area (Å²) in [5, 5.41) is 0. The Kier molecular flexibility index (Phi) is 6.20. The van der Waals surface area contributed by atoms with Gasteiger partial charge >= 0.3 is 5.97 Å². The van der Waals surface area contributed by atoms with Crippen LogP contribution in [0.4, 0.5) is 0 Å². The van der Waals surface area contributed by atoms with Crippen molar-refractivity contribution in [3.05, 3.63) is 35.4 Å². The van der Waals surface area contributed by atoms with E-state index in [1.54, 1.807) is 0 Å². The number of ether oxygens (including phenoxy) is 1. The highest BCUT2D eigenvalue weighted by Gasteiger charge is 2.16. The van der Waals surface area contributed by atoms with Gasteiger partial charge in [0.1, 0.15) is 6.61 Å². The van der Waals surface area contributed by atoms with Gasteiger partial charge in [-0.15, -0.1) is 11.6 Å². The zero-order chi connectivity index (χ0) is 13.5. The number of esters is 1. The Hall–Kier alpha value is -1.02. The smallest absolute Gasteiger partial charge is 0.313 e. The molecule has 0 aliphatic carbocycles. The van der Waals surface area contributed by atoms with E-state index in [0.717, 1.165) is 12.0 Å². The summed E-state index contributed by atoms with van der Waals surface area (Å²) in [7, 11) is 0. The fraction of sp³-hybridized carbons (Fsp3) is 0.533. The molecule has 0 saturated carbocycles. The average Bonchev–Trinajstić information content (AvgIpc) is 2.35. The third-order valence-corrected chi connectivity index (χ3v) is 2.95. The van der Waals surface area contributed by atoms with Gasteiger partial charge in [0.2, 0.25) is 0 Å². The van der Waals surface area contributed by atoms with Crippen LogP contribution in [0.5, 0.6) is 0 Å². The van der Waals surface area contributed by atoms with Crippen molar-refractivity contribution >= 4 is 17.6 Å². The first-order valence-corrected chi connectivity index (χ1v) is 6.89. The van der Waals surface area contributed by atoms with Crippen molar-refractivity contribution < 1.29 is 9.53 Å². The molecule has 1 aromatic rings. The van der Waals surface area contributed by atoms with Gasteiger partial charge in [-0.25, -0.2) is 0 Å². The van der Waals surface area contributed by atoms with Crippen molar-refractivity contribution in [1.82, 2.24) is 0 Å². The summed E-state index contributed by atoms with van der Waals surface area (Å²) < 4.78 is 5.03. The van der Waals surface area contributed by atoms with Gasteiger partial charge in [-0.2, -0.15) is 0 Å². The maximum Gasteiger partial charge on any atom is 0.313 e. The van der Waals surface area contributed by atoms with Crippen molar-refractivity contribution in [3.8, 4) is 0 Å².